The molecule has 21 heavy (non-hydrogen) atoms. The van der Waals surface area contributed by atoms with Crippen LogP contribution in [0.2, 0.25) is 0 Å². The van der Waals surface area contributed by atoms with Crippen molar-refractivity contribution in [2.45, 2.75) is 64.1 Å². The van der Waals surface area contributed by atoms with Crippen LogP contribution in [0.25, 0.3) is 0 Å². The maximum absolute atomic E-state index is 12.8. The largest absolute Gasteiger partial charge is 0.444 e. The first-order valence-corrected chi connectivity index (χ1v) is 7.62. The quantitative estimate of drug-likeness (QED) is 0.913. The van der Waals surface area contributed by atoms with E-state index >= 15 is 0 Å². The molecule has 0 aromatic carbocycles. The summed E-state index contributed by atoms with van der Waals surface area (Å²) in [5.41, 5.74) is -0.691. The molecule has 2 heterocycles. The second kappa shape index (κ2) is 5.16. The van der Waals surface area contributed by atoms with Gasteiger partial charge in [0.2, 0.25) is 17.7 Å². The van der Waals surface area contributed by atoms with E-state index in [1.807, 2.05) is 6.92 Å². The van der Waals surface area contributed by atoms with Gasteiger partial charge in [-0.3, -0.25) is 9.59 Å². The Labute approximate surface area is 123 Å². The molecular formula is C15H21N3O3. The molecule has 1 aromatic rings. The average Bonchev–Trinajstić information content (AvgIpc) is 3.11. The van der Waals surface area contributed by atoms with Crippen molar-refractivity contribution in [3.8, 4) is 0 Å². The summed E-state index contributed by atoms with van der Waals surface area (Å²) in [6.07, 6.45) is 5.86. The Morgan fingerprint density at radius 3 is 2.76 bits per heavy atom. The average molecular weight is 291 g/mol. The standard InChI is InChI=1S/C15H21N3O3/c1-3-11-8-16-12(21-11)9-18-10(2)13(19)17-15(14(18)20)6-4-5-7-15/h8,10H,3-7,9H2,1-2H3,(H,17,19). The van der Waals surface area contributed by atoms with Crippen molar-refractivity contribution in [3.63, 3.8) is 0 Å². The van der Waals surface area contributed by atoms with Gasteiger partial charge in [0, 0.05) is 6.42 Å². The number of carbonyl (C=O) groups is 2. The molecule has 6 heteroatoms. The lowest BCUT2D eigenvalue weighted by molar-refractivity contribution is -0.155. The van der Waals surface area contributed by atoms with Gasteiger partial charge in [-0.25, -0.2) is 4.98 Å². The highest BCUT2D eigenvalue weighted by atomic mass is 16.4. The number of hydrogen-bond acceptors (Lipinski definition) is 4. The third-order valence-electron chi connectivity index (χ3n) is 4.59. The molecule has 6 nitrogen and oxygen atoms in total. The zero-order valence-electron chi connectivity index (χ0n) is 12.5. The molecule has 114 valence electrons. The number of carbonyl (C=O) groups excluding carboxylic acids is 2. The Bertz CT molecular complexity index is 560. The van der Waals surface area contributed by atoms with Crippen molar-refractivity contribution < 1.29 is 14.0 Å². The van der Waals surface area contributed by atoms with Gasteiger partial charge in [-0.2, -0.15) is 0 Å². The maximum atomic E-state index is 12.8. The van der Waals surface area contributed by atoms with Crippen LogP contribution in [-0.4, -0.2) is 33.3 Å². The van der Waals surface area contributed by atoms with Crippen molar-refractivity contribution in [2.75, 3.05) is 0 Å². The SMILES string of the molecule is CCc1cnc(CN2C(=O)C3(CCCC3)NC(=O)C2C)o1. The van der Waals surface area contributed by atoms with Gasteiger partial charge in [-0.15, -0.1) is 0 Å². The van der Waals surface area contributed by atoms with E-state index in [9.17, 15) is 9.59 Å². The summed E-state index contributed by atoms with van der Waals surface area (Å²) in [5.74, 6) is 1.21. The highest BCUT2D eigenvalue weighted by molar-refractivity contribution is 5.99. The van der Waals surface area contributed by atoms with Crippen LogP contribution in [0.1, 0.15) is 51.2 Å². The van der Waals surface area contributed by atoms with E-state index < -0.39 is 11.6 Å². The molecule has 1 spiro atoms. The summed E-state index contributed by atoms with van der Waals surface area (Å²) < 4.78 is 5.58. The second-order valence-corrected chi connectivity index (χ2v) is 5.96. The summed E-state index contributed by atoms with van der Waals surface area (Å²) in [7, 11) is 0. The van der Waals surface area contributed by atoms with Crippen molar-refractivity contribution in [3.05, 3.63) is 17.8 Å². The Kier molecular flexibility index (Phi) is 3.47. The summed E-state index contributed by atoms with van der Waals surface area (Å²) >= 11 is 0. The smallest absolute Gasteiger partial charge is 0.249 e. The van der Waals surface area contributed by atoms with E-state index in [1.54, 1.807) is 18.0 Å². The lowest BCUT2D eigenvalue weighted by atomic mass is 9.91. The van der Waals surface area contributed by atoms with Crippen LogP contribution in [0, 0.1) is 0 Å². The molecule has 1 saturated carbocycles. The summed E-state index contributed by atoms with van der Waals surface area (Å²) in [6.45, 7) is 3.99. The van der Waals surface area contributed by atoms with Gasteiger partial charge < -0.3 is 14.6 Å². The van der Waals surface area contributed by atoms with Crippen LogP contribution in [-0.2, 0) is 22.6 Å². The van der Waals surface area contributed by atoms with Crippen LogP contribution in [0.5, 0.6) is 0 Å². The molecule has 1 aliphatic heterocycles. The van der Waals surface area contributed by atoms with E-state index in [-0.39, 0.29) is 18.4 Å². The van der Waals surface area contributed by atoms with E-state index in [0.717, 1.165) is 37.9 Å². The van der Waals surface area contributed by atoms with Crippen LogP contribution in [0.3, 0.4) is 0 Å². The lowest BCUT2D eigenvalue weighted by Gasteiger charge is -2.42. The van der Waals surface area contributed by atoms with Crippen LogP contribution in [0.4, 0.5) is 0 Å². The molecule has 3 rings (SSSR count). The zero-order valence-corrected chi connectivity index (χ0v) is 12.5. The van der Waals surface area contributed by atoms with E-state index in [1.165, 1.54) is 0 Å². The number of oxazole rings is 1. The van der Waals surface area contributed by atoms with Gasteiger partial charge >= 0.3 is 0 Å². The van der Waals surface area contributed by atoms with Crippen LogP contribution < -0.4 is 5.32 Å². The van der Waals surface area contributed by atoms with Crippen LogP contribution >= 0.6 is 0 Å². The van der Waals surface area contributed by atoms with Gasteiger partial charge in [-0.05, 0) is 19.8 Å². The number of nitrogens with one attached hydrogen (secondary N) is 1. The lowest BCUT2D eigenvalue weighted by Crippen LogP contribution is -2.68. The van der Waals surface area contributed by atoms with Crippen molar-refractivity contribution >= 4 is 11.8 Å². The predicted molar refractivity (Wildman–Crippen MR) is 75.2 cm³/mol. The maximum Gasteiger partial charge on any atom is 0.249 e. The van der Waals surface area contributed by atoms with E-state index in [4.69, 9.17) is 4.42 Å². The minimum atomic E-state index is -0.691. The number of nitrogens with zero attached hydrogens (tertiary/aromatic N) is 2. The van der Waals surface area contributed by atoms with Crippen molar-refractivity contribution in [1.82, 2.24) is 15.2 Å². The predicted octanol–water partition coefficient (Wildman–Crippen LogP) is 1.40. The molecule has 2 amide bonds. The molecule has 1 unspecified atom stereocenters. The Morgan fingerprint density at radius 1 is 1.43 bits per heavy atom. The van der Waals surface area contributed by atoms with Gasteiger partial charge in [0.15, 0.2) is 0 Å². The fraction of sp³-hybridized carbons (Fsp3) is 0.667. The first kappa shape index (κ1) is 14.1. The molecule has 0 radical (unpaired) electrons. The minimum Gasteiger partial charge on any atom is -0.444 e. The normalized spacial score (nSPS) is 24.7. The van der Waals surface area contributed by atoms with Crippen molar-refractivity contribution in [2.24, 2.45) is 0 Å². The van der Waals surface area contributed by atoms with Gasteiger partial charge in [-0.1, -0.05) is 19.8 Å². The number of aromatic nitrogens is 1. The molecule has 1 aliphatic carbocycles. The first-order chi connectivity index (χ1) is 10.1. The van der Waals surface area contributed by atoms with Gasteiger partial charge in [0.25, 0.3) is 0 Å². The fourth-order valence-electron chi connectivity index (χ4n) is 3.24. The molecular weight excluding hydrogens is 270 g/mol. The third kappa shape index (κ3) is 2.32. The zero-order chi connectivity index (χ0) is 15.0. The van der Waals surface area contributed by atoms with E-state index in [2.05, 4.69) is 10.3 Å². The topological polar surface area (TPSA) is 75.4 Å². The number of aryl methyl sites for hydroxylation is 1. The number of hydrogen-bond donors (Lipinski definition) is 1. The number of piperazine rings is 1. The molecule has 1 aromatic heterocycles. The second-order valence-electron chi connectivity index (χ2n) is 5.96. The van der Waals surface area contributed by atoms with Crippen LogP contribution in [0.15, 0.2) is 10.6 Å². The number of amides is 2. The molecule has 1 saturated heterocycles. The molecule has 1 atom stereocenters. The highest BCUT2D eigenvalue weighted by Crippen LogP contribution is 2.35. The van der Waals surface area contributed by atoms with E-state index in [0.29, 0.717) is 5.89 Å². The Morgan fingerprint density at radius 2 is 2.14 bits per heavy atom. The Hall–Kier alpha value is -1.85. The third-order valence-corrected chi connectivity index (χ3v) is 4.59. The van der Waals surface area contributed by atoms with Gasteiger partial charge in [0.05, 0.1) is 12.7 Å². The Balaban J connectivity index is 1.84. The minimum absolute atomic E-state index is 0.00310. The molecule has 0 bridgehead atoms. The molecule has 2 aliphatic rings. The highest BCUT2D eigenvalue weighted by Gasteiger charge is 2.51. The van der Waals surface area contributed by atoms with Gasteiger partial charge in [0.1, 0.15) is 17.3 Å². The molecule has 2 fully saturated rings. The monoisotopic (exact) mass is 291 g/mol. The summed E-state index contributed by atoms with van der Waals surface area (Å²) in [4.78, 5) is 30.8. The molecule has 1 N–H and O–H groups in total. The van der Waals surface area contributed by atoms with Crippen molar-refractivity contribution in [1.29, 1.82) is 0 Å². The first-order valence-electron chi connectivity index (χ1n) is 7.62. The fourth-order valence-corrected chi connectivity index (χ4v) is 3.24. The summed E-state index contributed by atoms with van der Waals surface area (Å²) in [5, 5.41) is 2.94. The number of rotatable bonds is 3. The summed E-state index contributed by atoms with van der Waals surface area (Å²) in [6, 6.07) is -0.485.